The maximum absolute atomic E-state index is 12.6. The first-order chi connectivity index (χ1) is 13.1. The summed E-state index contributed by atoms with van der Waals surface area (Å²) in [6.07, 6.45) is 7.48. The first kappa shape index (κ1) is 17.2. The molecule has 2 amide bonds. The fourth-order valence-corrected chi connectivity index (χ4v) is 3.13. The molecular formula is C20H22N6O. The highest BCUT2D eigenvalue weighted by Gasteiger charge is 2.34. The molecule has 0 aromatic carbocycles. The summed E-state index contributed by atoms with van der Waals surface area (Å²) >= 11 is 0. The smallest absolute Gasteiger partial charge is 0.320 e. The van der Waals surface area contributed by atoms with Crippen LogP contribution in [-0.4, -0.2) is 25.8 Å². The number of nitrogens with zero attached hydrogens (tertiary/aromatic N) is 4. The van der Waals surface area contributed by atoms with E-state index in [1.165, 1.54) is 0 Å². The molecule has 0 saturated heterocycles. The lowest BCUT2D eigenvalue weighted by molar-refractivity contribution is 0.246. The molecule has 0 bridgehead atoms. The average Bonchev–Trinajstić information content (AvgIpc) is 3.44. The second kappa shape index (κ2) is 7.19. The molecule has 1 atom stereocenters. The van der Waals surface area contributed by atoms with Crippen LogP contribution in [0.2, 0.25) is 0 Å². The fourth-order valence-electron chi connectivity index (χ4n) is 3.13. The number of hydrogen-bond acceptors (Lipinski definition) is 4. The van der Waals surface area contributed by atoms with E-state index < -0.39 is 0 Å². The lowest BCUT2D eigenvalue weighted by Gasteiger charge is -2.18. The summed E-state index contributed by atoms with van der Waals surface area (Å²) in [5, 5.41) is 10.4. The predicted octanol–water partition coefficient (Wildman–Crippen LogP) is 3.46. The normalized spacial score (nSPS) is 14.6. The number of urea groups is 1. The van der Waals surface area contributed by atoms with Crippen molar-refractivity contribution in [2.45, 2.75) is 25.8 Å². The van der Waals surface area contributed by atoms with Gasteiger partial charge in [0.25, 0.3) is 0 Å². The van der Waals surface area contributed by atoms with Crippen LogP contribution in [0.1, 0.15) is 30.1 Å². The van der Waals surface area contributed by atoms with Crippen molar-refractivity contribution in [2.75, 3.05) is 5.32 Å². The lowest BCUT2D eigenvalue weighted by atomic mass is 10.1. The second-order valence-electron chi connectivity index (χ2n) is 6.95. The standard InChI is InChI=1S/C20H22N6O/c1-13-7-9-22-17(10-13)19(14-5-6-14)24-20(27)23-18-11-16(25-26(18)2)15-4-3-8-21-12-15/h3-4,7-12,14,19H,5-6H2,1-2H3,(H2,23,24,27)/t19-/m1/s1. The molecular weight excluding hydrogens is 340 g/mol. The largest absolute Gasteiger partial charge is 0.329 e. The van der Waals surface area contributed by atoms with Crippen LogP contribution in [0, 0.1) is 12.8 Å². The molecule has 2 N–H and O–H groups in total. The summed E-state index contributed by atoms with van der Waals surface area (Å²) in [6, 6.07) is 9.31. The number of amides is 2. The number of anilines is 1. The van der Waals surface area contributed by atoms with Crippen molar-refractivity contribution in [2.24, 2.45) is 13.0 Å². The molecule has 3 heterocycles. The molecule has 1 aliphatic carbocycles. The molecule has 3 aromatic rings. The minimum Gasteiger partial charge on any atom is -0.329 e. The van der Waals surface area contributed by atoms with Crippen LogP contribution in [0.15, 0.2) is 48.9 Å². The van der Waals surface area contributed by atoms with Crippen molar-refractivity contribution in [3.63, 3.8) is 0 Å². The van der Waals surface area contributed by atoms with E-state index in [4.69, 9.17) is 0 Å². The van der Waals surface area contributed by atoms with Gasteiger partial charge in [-0.2, -0.15) is 5.10 Å². The van der Waals surface area contributed by atoms with Crippen molar-refractivity contribution in [3.8, 4) is 11.3 Å². The molecule has 1 aliphatic rings. The maximum atomic E-state index is 12.6. The number of aryl methyl sites for hydroxylation is 2. The molecule has 0 aliphatic heterocycles. The lowest BCUT2D eigenvalue weighted by Crippen LogP contribution is -2.34. The third kappa shape index (κ3) is 3.97. The fraction of sp³-hybridized carbons (Fsp3) is 0.300. The van der Waals surface area contributed by atoms with Gasteiger partial charge < -0.3 is 5.32 Å². The highest BCUT2D eigenvalue weighted by molar-refractivity contribution is 5.89. The molecule has 7 heteroatoms. The Balaban J connectivity index is 1.48. The van der Waals surface area contributed by atoms with E-state index in [9.17, 15) is 4.79 Å². The number of carbonyl (C=O) groups excluding carboxylic acids is 1. The Morgan fingerprint density at radius 1 is 1.26 bits per heavy atom. The Labute approximate surface area is 157 Å². The van der Waals surface area contributed by atoms with Gasteiger partial charge >= 0.3 is 6.03 Å². The number of nitrogens with one attached hydrogen (secondary N) is 2. The number of carbonyl (C=O) groups is 1. The Morgan fingerprint density at radius 2 is 2.11 bits per heavy atom. The Morgan fingerprint density at radius 3 is 2.81 bits per heavy atom. The maximum Gasteiger partial charge on any atom is 0.320 e. The summed E-state index contributed by atoms with van der Waals surface area (Å²) in [7, 11) is 1.80. The monoisotopic (exact) mass is 362 g/mol. The summed E-state index contributed by atoms with van der Waals surface area (Å²) < 4.78 is 1.65. The number of rotatable bonds is 5. The average molecular weight is 362 g/mol. The van der Waals surface area contributed by atoms with Gasteiger partial charge in [0.05, 0.1) is 17.4 Å². The minimum atomic E-state index is -0.254. The van der Waals surface area contributed by atoms with Gasteiger partial charge in [0.2, 0.25) is 0 Å². The highest BCUT2D eigenvalue weighted by atomic mass is 16.2. The van der Waals surface area contributed by atoms with Crippen LogP contribution in [-0.2, 0) is 7.05 Å². The van der Waals surface area contributed by atoms with Gasteiger partial charge in [-0.15, -0.1) is 0 Å². The van der Waals surface area contributed by atoms with E-state index in [-0.39, 0.29) is 12.1 Å². The van der Waals surface area contributed by atoms with Gasteiger partial charge in [0, 0.05) is 37.3 Å². The van der Waals surface area contributed by atoms with Gasteiger partial charge in [-0.3, -0.25) is 20.0 Å². The van der Waals surface area contributed by atoms with Gasteiger partial charge in [-0.05, 0) is 55.5 Å². The van der Waals surface area contributed by atoms with Crippen LogP contribution in [0.5, 0.6) is 0 Å². The van der Waals surface area contributed by atoms with Crippen LogP contribution >= 0.6 is 0 Å². The van der Waals surface area contributed by atoms with Gasteiger partial charge in [0.1, 0.15) is 5.82 Å². The zero-order valence-corrected chi connectivity index (χ0v) is 15.4. The van der Waals surface area contributed by atoms with E-state index in [0.29, 0.717) is 11.7 Å². The molecule has 138 valence electrons. The first-order valence-electron chi connectivity index (χ1n) is 9.04. The zero-order valence-electron chi connectivity index (χ0n) is 15.4. The van der Waals surface area contributed by atoms with Gasteiger partial charge in [-0.1, -0.05) is 0 Å². The van der Waals surface area contributed by atoms with Crippen LogP contribution in [0.4, 0.5) is 10.6 Å². The first-order valence-corrected chi connectivity index (χ1v) is 9.04. The van der Waals surface area contributed by atoms with Crippen molar-refractivity contribution in [3.05, 3.63) is 60.2 Å². The van der Waals surface area contributed by atoms with Crippen LogP contribution < -0.4 is 10.6 Å². The molecule has 1 fully saturated rings. The third-order valence-corrected chi connectivity index (χ3v) is 4.71. The molecule has 27 heavy (non-hydrogen) atoms. The molecule has 0 radical (unpaired) electrons. The summed E-state index contributed by atoms with van der Waals surface area (Å²) in [4.78, 5) is 21.2. The predicted molar refractivity (Wildman–Crippen MR) is 103 cm³/mol. The van der Waals surface area contributed by atoms with Gasteiger partial charge in [0.15, 0.2) is 0 Å². The molecule has 0 unspecified atom stereocenters. The van der Waals surface area contributed by atoms with Crippen molar-refractivity contribution < 1.29 is 4.79 Å². The Hall–Kier alpha value is -3.22. The van der Waals surface area contributed by atoms with Crippen LogP contribution in [0.25, 0.3) is 11.3 Å². The third-order valence-electron chi connectivity index (χ3n) is 4.71. The van der Waals surface area contributed by atoms with E-state index >= 15 is 0 Å². The Kier molecular flexibility index (Phi) is 4.58. The summed E-state index contributed by atoms with van der Waals surface area (Å²) in [5.74, 6) is 1.07. The number of pyridine rings is 2. The quantitative estimate of drug-likeness (QED) is 0.728. The SMILES string of the molecule is Cc1ccnc([C@H](NC(=O)Nc2cc(-c3cccnc3)nn2C)C2CC2)c1. The molecule has 4 rings (SSSR count). The van der Waals surface area contributed by atoms with Crippen LogP contribution in [0.3, 0.4) is 0 Å². The molecule has 7 nitrogen and oxygen atoms in total. The van der Waals surface area contributed by atoms with E-state index in [1.54, 1.807) is 30.3 Å². The molecule has 1 saturated carbocycles. The second-order valence-corrected chi connectivity index (χ2v) is 6.95. The van der Waals surface area contributed by atoms with Crippen molar-refractivity contribution in [1.82, 2.24) is 25.1 Å². The van der Waals surface area contributed by atoms with E-state index in [2.05, 4.69) is 25.7 Å². The van der Waals surface area contributed by atoms with Crippen molar-refractivity contribution in [1.29, 1.82) is 0 Å². The van der Waals surface area contributed by atoms with Crippen molar-refractivity contribution >= 4 is 11.8 Å². The molecule has 0 spiro atoms. The minimum absolute atomic E-state index is 0.0732. The topological polar surface area (TPSA) is 84.7 Å². The summed E-state index contributed by atoms with van der Waals surface area (Å²) in [6.45, 7) is 2.03. The van der Waals surface area contributed by atoms with E-state index in [1.807, 2.05) is 37.3 Å². The molecule has 3 aromatic heterocycles. The van der Waals surface area contributed by atoms with E-state index in [0.717, 1.165) is 35.4 Å². The highest BCUT2D eigenvalue weighted by Crippen LogP contribution is 2.40. The zero-order chi connectivity index (χ0) is 18.8. The number of hydrogen-bond donors (Lipinski definition) is 2. The Bertz CT molecular complexity index is 948. The number of aromatic nitrogens is 4. The summed E-state index contributed by atoms with van der Waals surface area (Å²) in [5.41, 5.74) is 3.72. The van der Waals surface area contributed by atoms with Gasteiger partial charge in [-0.25, -0.2) is 4.79 Å².